The average Bonchev–Trinajstić information content (AvgIpc) is 2.94. The number of hydrogen-bond acceptors (Lipinski definition) is 3. The molecule has 23 heavy (non-hydrogen) atoms. The molecule has 0 heterocycles. The van der Waals surface area contributed by atoms with Gasteiger partial charge in [-0.1, -0.05) is 23.7 Å². The van der Waals surface area contributed by atoms with Crippen molar-refractivity contribution in [2.45, 2.75) is 18.9 Å². The topological polar surface area (TPSA) is 61.4 Å². The van der Waals surface area contributed by atoms with Crippen molar-refractivity contribution in [3.05, 3.63) is 64.2 Å². The Morgan fingerprint density at radius 1 is 1.26 bits per heavy atom. The minimum absolute atomic E-state index is 0.0644. The van der Waals surface area contributed by atoms with Crippen molar-refractivity contribution in [3.8, 4) is 0 Å². The van der Waals surface area contributed by atoms with Gasteiger partial charge in [-0.25, -0.2) is 0 Å². The summed E-state index contributed by atoms with van der Waals surface area (Å²) in [5.74, 6) is -0.179. The molecule has 1 amide bonds. The summed E-state index contributed by atoms with van der Waals surface area (Å²) in [5.41, 5.74) is 4.05. The number of aliphatic hydroxyl groups excluding tert-OH is 1. The molecule has 1 aliphatic carbocycles. The summed E-state index contributed by atoms with van der Waals surface area (Å²) >= 11 is 6.05. The van der Waals surface area contributed by atoms with Crippen molar-refractivity contribution in [3.63, 3.8) is 0 Å². The van der Waals surface area contributed by atoms with Crippen LogP contribution in [-0.4, -0.2) is 24.2 Å². The minimum Gasteiger partial charge on any atom is -0.395 e. The monoisotopic (exact) mass is 330 g/mol. The molecule has 1 atom stereocenters. The van der Waals surface area contributed by atoms with Gasteiger partial charge in [-0.3, -0.25) is 4.79 Å². The van der Waals surface area contributed by atoms with E-state index in [1.807, 2.05) is 30.3 Å². The van der Waals surface area contributed by atoms with E-state index in [0.29, 0.717) is 5.56 Å². The van der Waals surface area contributed by atoms with Gasteiger partial charge in [0, 0.05) is 22.8 Å². The molecule has 2 aromatic carbocycles. The number of carbonyl (C=O) groups is 1. The lowest BCUT2D eigenvalue weighted by atomic mass is 10.1. The van der Waals surface area contributed by atoms with E-state index in [4.69, 9.17) is 16.7 Å². The molecule has 5 heteroatoms. The minimum atomic E-state index is -0.179. The summed E-state index contributed by atoms with van der Waals surface area (Å²) in [6.45, 7) is 0.193. The average molecular weight is 331 g/mol. The predicted octanol–water partition coefficient (Wildman–Crippen LogP) is 3.16. The molecule has 0 aliphatic heterocycles. The van der Waals surface area contributed by atoms with Crippen LogP contribution in [0.1, 0.15) is 33.9 Å². The van der Waals surface area contributed by atoms with E-state index in [1.165, 1.54) is 11.1 Å². The number of anilines is 1. The third kappa shape index (κ3) is 3.66. The number of rotatable bonds is 5. The first-order chi connectivity index (χ1) is 11.2. The molecule has 0 aromatic heterocycles. The quantitative estimate of drug-likeness (QED) is 0.789. The molecule has 0 fully saturated rings. The number of nitrogens with one attached hydrogen (secondary N) is 2. The Labute approximate surface area is 140 Å². The number of fused-ring (bicyclic) bond motifs is 1. The van der Waals surface area contributed by atoms with Gasteiger partial charge in [-0.05, 0) is 54.3 Å². The van der Waals surface area contributed by atoms with Gasteiger partial charge < -0.3 is 15.7 Å². The van der Waals surface area contributed by atoms with Gasteiger partial charge in [-0.15, -0.1) is 0 Å². The van der Waals surface area contributed by atoms with Crippen molar-refractivity contribution in [1.29, 1.82) is 0 Å². The Balaban J connectivity index is 1.73. The van der Waals surface area contributed by atoms with Gasteiger partial charge in [0.05, 0.1) is 12.6 Å². The molecular formula is C18H19ClN2O2. The second-order valence-electron chi connectivity index (χ2n) is 5.64. The smallest absolute Gasteiger partial charge is 0.251 e. The number of carbonyl (C=O) groups excluding carboxylic acids is 1. The Hall–Kier alpha value is -2.04. The van der Waals surface area contributed by atoms with E-state index in [-0.39, 0.29) is 25.1 Å². The Morgan fingerprint density at radius 3 is 2.96 bits per heavy atom. The maximum absolute atomic E-state index is 12.0. The predicted molar refractivity (Wildman–Crippen MR) is 92.0 cm³/mol. The molecule has 2 aromatic rings. The van der Waals surface area contributed by atoms with Crippen LogP contribution in [0.15, 0.2) is 42.5 Å². The van der Waals surface area contributed by atoms with E-state index in [0.717, 1.165) is 23.6 Å². The molecule has 0 saturated carbocycles. The summed E-state index contributed by atoms with van der Waals surface area (Å²) in [5, 5.41) is 15.7. The van der Waals surface area contributed by atoms with Crippen molar-refractivity contribution < 1.29 is 9.90 Å². The van der Waals surface area contributed by atoms with Crippen LogP contribution in [0.2, 0.25) is 5.02 Å². The highest BCUT2D eigenvalue weighted by Crippen LogP contribution is 2.35. The van der Waals surface area contributed by atoms with Crippen LogP contribution in [0, 0.1) is 0 Å². The zero-order chi connectivity index (χ0) is 16.2. The molecule has 1 unspecified atom stereocenters. The van der Waals surface area contributed by atoms with Gasteiger partial charge in [0.15, 0.2) is 0 Å². The molecule has 120 valence electrons. The van der Waals surface area contributed by atoms with Gasteiger partial charge >= 0.3 is 0 Å². The molecular weight excluding hydrogens is 312 g/mol. The summed E-state index contributed by atoms with van der Waals surface area (Å²) in [6.07, 6.45) is 2.01. The lowest BCUT2D eigenvalue weighted by Gasteiger charge is -2.16. The van der Waals surface area contributed by atoms with Gasteiger partial charge in [-0.2, -0.15) is 0 Å². The SMILES string of the molecule is O=C(NCCO)c1cccc(NC2CCc3cc(Cl)ccc32)c1. The molecule has 0 radical (unpaired) electrons. The molecule has 3 N–H and O–H groups in total. The number of amides is 1. The Morgan fingerprint density at radius 2 is 2.13 bits per heavy atom. The van der Waals surface area contributed by atoms with E-state index in [1.54, 1.807) is 6.07 Å². The first kappa shape index (κ1) is 15.8. The highest BCUT2D eigenvalue weighted by atomic mass is 35.5. The van der Waals surface area contributed by atoms with Gasteiger partial charge in [0.2, 0.25) is 0 Å². The van der Waals surface area contributed by atoms with Crippen LogP contribution in [0.4, 0.5) is 5.69 Å². The number of hydrogen-bond donors (Lipinski definition) is 3. The van der Waals surface area contributed by atoms with Crippen LogP contribution in [0.25, 0.3) is 0 Å². The fourth-order valence-electron chi connectivity index (χ4n) is 2.96. The second kappa shape index (κ2) is 7.02. The summed E-state index contributed by atoms with van der Waals surface area (Å²) < 4.78 is 0. The van der Waals surface area contributed by atoms with E-state index < -0.39 is 0 Å². The highest BCUT2D eigenvalue weighted by molar-refractivity contribution is 6.30. The fraction of sp³-hybridized carbons (Fsp3) is 0.278. The van der Waals surface area contributed by atoms with Crippen molar-refractivity contribution >= 4 is 23.2 Å². The van der Waals surface area contributed by atoms with Crippen LogP contribution in [0.5, 0.6) is 0 Å². The molecule has 3 rings (SSSR count). The maximum Gasteiger partial charge on any atom is 0.251 e. The fourth-order valence-corrected chi connectivity index (χ4v) is 3.15. The van der Waals surface area contributed by atoms with Crippen LogP contribution >= 0.6 is 11.6 Å². The Kier molecular flexibility index (Phi) is 4.84. The maximum atomic E-state index is 12.0. The lowest BCUT2D eigenvalue weighted by Crippen LogP contribution is -2.26. The van der Waals surface area contributed by atoms with Gasteiger partial charge in [0.1, 0.15) is 0 Å². The van der Waals surface area contributed by atoms with E-state index in [9.17, 15) is 4.79 Å². The number of benzene rings is 2. The molecule has 0 spiro atoms. The number of halogens is 1. The zero-order valence-electron chi connectivity index (χ0n) is 12.7. The molecule has 0 saturated heterocycles. The van der Waals surface area contributed by atoms with Crippen LogP contribution < -0.4 is 10.6 Å². The van der Waals surface area contributed by atoms with Gasteiger partial charge in [0.25, 0.3) is 5.91 Å². The standard InChI is InChI=1S/C18H19ClN2O2/c19-14-5-6-16-12(10-14)4-7-17(16)21-15-3-1-2-13(11-15)18(23)20-8-9-22/h1-3,5-6,10-11,17,21-22H,4,7-9H2,(H,20,23). The largest absolute Gasteiger partial charge is 0.395 e. The second-order valence-corrected chi connectivity index (χ2v) is 6.08. The molecule has 4 nitrogen and oxygen atoms in total. The summed E-state index contributed by atoms with van der Waals surface area (Å²) in [6, 6.07) is 13.7. The van der Waals surface area contributed by atoms with Crippen molar-refractivity contribution in [1.82, 2.24) is 5.32 Å². The Bertz CT molecular complexity index is 718. The van der Waals surface area contributed by atoms with Crippen LogP contribution in [-0.2, 0) is 6.42 Å². The summed E-state index contributed by atoms with van der Waals surface area (Å²) in [7, 11) is 0. The first-order valence-corrected chi connectivity index (χ1v) is 8.09. The lowest BCUT2D eigenvalue weighted by molar-refractivity contribution is 0.0945. The third-order valence-corrected chi connectivity index (χ3v) is 4.28. The molecule has 0 bridgehead atoms. The van der Waals surface area contributed by atoms with E-state index >= 15 is 0 Å². The highest BCUT2D eigenvalue weighted by Gasteiger charge is 2.22. The van der Waals surface area contributed by atoms with E-state index in [2.05, 4.69) is 16.7 Å². The zero-order valence-corrected chi connectivity index (χ0v) is 13.4. The first-order valence-electron chi connectivity index (χ1n) is 7.71. The normalized spacial score (nSPS) is 16.0. The summed E-state index contributed by atoms with van der Waals surface area (Å²) in [4.78, 5) is 12.0. The number of aryl methyl sites for hydroxylation is 1. The number of aliphatic hydroxyl groups is 1. The van der Waals surface area contributed by atoms with Crippen LogP contribution in [0.3, 0.4) is 0 Å². The van der Waals surface area contributed by atoms with Crippen molar-refractivity contribution in [2.24, 2.45) is 0 Å². The van der Waals surface area contributed by atoms with Crippen molar-refractivity contribution in [2.75, 3.05) is 18.5 Å². The third-order valence-electron chi connectivity index (χ3n) is 4.05. The molecule has 1 aliphatic rings.